The Morgan fingerprint density at radius 2 is 1.94 bits per heavy atom. The number of hydrogen-bond acceptors (Lipinski definition) is 4. The average molecular weight is 483 g/mol. The van der Waals surface area contributed by atoms with Crippen molar-refractivity contribution in [3.63, 3.8) is 0 Å². The van der Waals surface area contributed by atoms with Crippen LogP contribution in [-0.4, -0.2) is 33.0 Å². The standard InChI is InChI=1S/C28H23FN4O3/c1-28(2,10-11-30)26-25(16-4-6-17(7-5-16)27(34)35)20-14-22-18(15-31-32-22)12-23(20)33(26)19-8-9-21(29)24(13-19)36-3/h4-9,12-15H,10H2,1-3H3,(H,31,32)(H,34,35). The Hall–Kier alpha value is -4.64. The zero-order chi connectivity index (χ0) is 25.6. The second-order valence-electron chi connectivity index (χ2n) is 9.31. The summed E-state index contributed by atoms with van der Waals surface area (Å²) in [6.07, 6.45) is 1.96. The van der Waals surface area contributed by atoms with Crippen LogP contribution in [0.15, 0.2) is 60.8 Å². The van der Waals surface area contributed by atoms with Crippen LogP contribution in [0.25, 0.3) is 38.6 Å². The second kappa shape index (κ2) is 8.54. The summed E-state index contributed by atoms with van der Waals surface area (Å²) in [4.78, 5) is 11.5. The lowest BCUT2D eigenvalue weighted by Crippen LogP contribution is -2.21. The number of aromatic amines is 1. The fraction of sp³-hybridized carbons (Fsp3) is 0.179. The molecule has 0 saturated carbocycles. The second-order valence-corrected chi connectivity index (χ2v) is 9.31. The first-order valence-electron chi connectivity index (χ1n) is 11.3. The molecule has 0 amide bonds. The molecule has 8 heteroatoms. The first kappa shape index (κ1) is 23.1. The van der Waals surface area contributed by atoms with Crippen molar-refractivity contribution in [3.05, 3.63) is 77.9 Å². The number of halogens is 1. The molecule has 0 aliphatic rings. The molecule has 0 fully saturated rings. The highest BCUT2D eigenvalue weighted by Gasteiger charge is 2.32. The van der Waals surface area contributed by atoms with Gasteiger partial charge < -0.3 is 14.4 Å². The lowest BCUT2D eigenvalue weighted by Gasteiger charge is -2.27. The van der Waals surface area contributed by atoms with Crippen molar-refractivity contribution >= 4 is 27.8 Å². The molecule has 36 heavy (non-hydrogen) atoms. The zero-order valence-corrected chi connectivity index (χ0v) is 20.0. The molecule has 0 radical (unpaired) electrons. The van der Waals surface area contributed by atoms with E-state index < -0.39 is 17.2 Å². The first-order valence-corrected chi connectivity index (χ1v) is 11.3. The van der Waals surface area contributed by atoms with E-state index in [4.69, 9.17) is 4.74 Å². The number of aromatic nitrogens is 3. The quantitative estimate of drug-likeness (QED) is 0.299. The normalized spacial score (nSPS) is 11.6. The lowest BCUT2D eigenvalue weighted by atomic mass is 9.81. The van der Waals surface area contributed by atoms with E-state index in [1.54, 1.807) is 42.6 Å². The van der Waals surface area contributed by atoms with Crippen LogP contribution in [0, 0.1) is 17.1 Å². The van der Waals surface area contributed by atoms with Crippen molar-refractivity contribution in [2.24, 2.45) is 0 Å². The number of methoxy groups -OCH3 is 1. The van der Waals surface area contributed by atoms with Crippen molar-refractivity contribution < 1.29 is 19.0 Å². The molecule has 0 aliphatic heterocycles. The molecule has 0 bridgehead atoms. The van der Waals surface area contributed by atoms with Crippen LogP contribution in [0.2, 0.25) is 0 Å². The summed E-state index contributed by atoms with van der Waals surface area (Å²) in [5, 5.41) is 28.1. The maximum atomic E-state index is 14.4. The molecule has 5 aromatic rings. The molecule has 180 valence electrons. The van der Waals surface area contributed by atoms with Crippen LogP contribution < -0.4 is 4.74 Å². The number of aromatic carboxylic acids is 1. The number of benzene rings is 3. The minimum Gasteiger partial charge on any atom is -0.494 e. The maximum Gasteiger partial charge on any atom is 0.335 e. The Kier molecular flexibility index (Phi) is 5.48. The van der Waals surface area contributed by atoms with Gasteiger partial charge in [0.05, 0.1) is 36.0 Å². The molecule has 0 unspecified atom stereocenters. The molecule has 5 rings (SSSR count). The fourth-order valence-electron chi connectivity index (χ4n) is 4.77. The molecule has 0 aliphatic carbocycles. The smallest absolute Gasteiger partial charge is 0.335 e. The molecule has 2 heterocycles. The summed E-state index contributed by atoms with van der Waals surface area (Å²) in [6, 6.07) is 17.7. The van der Waals surface area contributed by atoms with Crippen LogP contribution in [0.4, 0.5) is 4.39 Å². The summed E-state index contributed by atoms with van der Waals surface area (Å²) in [5.41, 5.74) is 4.42. The Bertz CT molecular complexity index is 1670. The van der Waals surface area contributed by atoms with Gasteiger partial charge in [-0.3, -0.25) is 5.10 Å². The molecule has 0 atom stereocenters. The van der Waals surface area contributed by atoms with Gasteiger partial charge in [0.1, 0.15) is 0 Å². The average Bonchev–Trinajstić information content (AvgIpc) is 3.45. The zero-order valence-electron chi connectivity index (χ0n) is 20.0. The highest BCUT2D eigenvalue weighted by Crippen LogP contribution is 2.45. The predicted octanol–water partition coefficient (Wildman–Crippen LogP) is 6.21. The highest BCUT2D eigenvalue weighted by molar-refractivity contribution is 6.06. The van der Waals surface area contributed by atoms with Gasteiger partial charge in [-0.05, 0) is 42.0 Å². The minimum atomic E-state index is -1.01. The number of carboxylic acids is 1. The van der Waals surface area contributed by atoms with Crippen LogP contribution in [-0.2, 0) is 5.41 Å². The van der Waals surface area contributed by atoms with Crippen LogP contribution in [0.5, 0.6) is 5.75 Å². The molecule has 3 aromatic carbocycles. The van der Waals surface area contributed by atoms with E-state index in [9.17, 15) is 19.6 Å². The van der Waals surface area contributed by atoms with Gasteiger partial charge in [-0.15, -0.1) is 0 Å². The number of ether oxygens (including phenoxy) is 1. The molecule has 2 N–H and O–H groups in total. The summed E-state index contributed by atoms with van der Waals surface area (Å²) in [5.74, 6) is -1.38. The minimum absolute atomic E-state index is 0.107. The van der Waals surface area contributed by atoms with Gasteiger partial charge in [-0.1, -0.05) is 26.0 Å². The van der Waals surface area contributed by atoms with Gasteiger partial charge in [0.25, 0.3) is 0 Å². The Morgan fingerprint density at radius 1 is 1.19 bits per heavy atom. The summed E-state index contributed by atoms with van der Waals surface area (Å²) in [6.45, 7) is 3.98. The van der Waals surface area contributed by atoms with E-state index >= 15 is 0 Å². The Morgan fingerprint density at radius 3 is 2.61 bits per heavy atom. The number of H-pyrrole nitrogens is 1. The fourth-order valence-corrected chi connectivity index (χ4v) is 4.77. The van der Waals surface area contributed by atoms with Gasteiger partial charge in [-0.2, -0.15) is 10.4 Å². The molecule has 0 spiro atoms. The third-order valence-corrected chi connectivity index (χ3v) is 6.50. The Balaban J connectivity index is 1.95. The van der Waals surface area contributed by atoms with Crippen molar-refractivity contribution in [1.82, 2.24) is 14.8 Å². The number of carboxylic acid groups (broad SMARTS) is 1. The third kappa shape index (κ3) is 3.66. The number of rotatable bonds is 6. The summed E-state index contributed by atoms with van der Waals surface area (Å²) in [7, 11) is 1.42. The van der Waals surface area contributed by atoms with E-state index in [0.717, 1.165) is 38.6 Å². The number of fused-ring (bicyclic) bond motifs is 2. The van der Waals surface area contributed by atoms with E-state index in [0.29, 0.717) is 5.69 Å². The van der Waals surface area contributed by atoms with Crippen molar-refractivity contribution in [1.29, 1.82) is 5.26 Å². The molecule has 7 nitrogen and oxygen atoms in total. The molecule has 0 saturated heterocycles. The van der Waals surface area contributed by atoms with E-state index in [1.165, 1.54) is 13.2 Å². The molecular formula is C28H23FN4O3. The van der Waals surface area contributed by atoms with Gasteiger partial charge >= 0.3 is 5.97 Å². The SMILES string of the molecule is COc1cc(-n2c(C(C)(C)CC#N)c(-c3ccc(C(=O)O)cc3)c3cc4[nH]ncc4cc32)ccc1F. The topological polar surface area (TPSA) is 104 Å². The maximum absolute atomic E-state index is 14.4. The predicted molar refractivity (Wildman–Crippen MR) is 135 cm³/mol. The first-order chi connectivity index (χ1) is 17.2. The van der Waals surface area contributed by atoms with Crippen molar-refractivity contribution in [3.8, 4) is 28.6 Å². The van der Waals surface area contributed by atoms with Crippen molar-refractivity contribution in [2.75, 3.05) is 7.11 Å². The lowest BCUT2D eigenvalue weighted by molar-refractivity contribution is 0.0697. The van der Waals surface area contributed by atoms with Crippen LogP contribution in [0.3, 0.4) is 0 Å². The number of nitriles is 1. The number of nitrogens with zero attached hydrogens (tertiary/aromatic N) is 3. The van der Waals surface area contributed by atoms with Crippen LogP contribution in [0.1, 0.15) is 36.3 Å². The van der Waals surface area contributed by atoms with Gasteiger partial charge in [0, 0.05) is 45.6 Å². The number of carbonyl (C=O) groups is 1. The van der Waals surface area contributed by atoms with Gasteiger partial charge in [0.2, 0.25) is 0 Å². The molecule has 2 aromatic heterocycles. The number of nitrogens with one attached hydrogen (secondary N) is 1. The van der Waals surface area contributed by atoms with Gasteiger partial charge in [0.15, 0.2) is 11.6 Å². The van der Waals surface area contributed by atoms with E-state index in [1.807, 2.05) is 30.5 Å². The summed E-state index contributed by atoms with van der Waals surface area (Å²) >= 11 is 0. The van der Waals surface area contributed by atoms with E-state index in [2.05, 4.69) is 16.3 Å². The van der Waals surface area contributed by atoms with Crippen LogP contribution >= 0.6 is 0 Å². The van der Waals surface area contributed by atoms with Gasteiger partial charge in [-0.25, -0.2) is 9.18 Å². The summed E-state index contributed by atoms with van der Waals surface area (Å²) < 4.78 is 21.7. The number of hydrogen-bond donors (Lipinski definition) is 2. The van der Waals surface area contributed by atoms with Crippen molar-refractivity contribution in [2.45, 2.75) is 25.7 Å². The Labute approximate surface area is 206 Å². The highest BCUT2D eigenvalue weighted by atomic mass is 19.1. The largest absolute Gasteiger partial charge is 0.494 e. The monoisotopic (exact) mass is 482 g/mol. The third-order valence-electron chi connectivity index (χ3n) is 6.50. The van der Waals surface area contributed by atoms with E-state index in [-0.39, 0.29) is 17.7 Å². The molecular weight excluding hydrogens is 459 g/mol.